The smallest absolute Gasteiger partial charge is 0.344 e. The largest absolute Gasteiger partial charge is 0.479 e. The first-order valence-electron chi connectivity index (χ1n) is 7.88. The summed E-state index contributed by atoms with van der Waals surface area (Å²) in [7, 11) is 0. The van der Waals surface area contributed by atoms with Gasteiger partial charge in [-0.05, 0) is 23.6 Å². The number of nitrogens with zero attached hydrogens (tertiary/aromatic N) is 1. The van der Waals surface area contributed by atoms with Gasteiger partial charge in [-0.1, -0.05) is 44.6 Å². The first kappa shape index (κ1) is 17.9. The van der Waals surface area contributed by atoms with E-state index in [4.69, 9.17) is 4.74 Å². The monoisotopic (exact) mass is 331 g/mol. The molecule has 0 saturated heterocycles. The normalized spacial score (nSPS) is 23.8. The van der Waals surface area contributed by atoms with Gasteiger partial charge in [0, 0.05) is 18.1 Å². The molecule has 128 valence electrons. The fourth-order valence-corrected chi connectivity index (χ4v) is 2.38. The molecule has 0 heterocycles. The summed E-state index contributed by atoms with van der Waals surface area (Å²) in [6, 6.07) is 6.32. The van der Waals surface area contributed by atoms with E-state index in [1.807, 2.05) is 13.8 Å². The predicted molar refractivity (Wildman–Crippen MR) is 89.9 cm³/mol. The van der Waals surface area contributed by atoms with Crippen LogP contribution in [0.25, 0.3) is 0 Å². The second kappa shape index (κ2) is 7.40. The summed E-state index contributed by atoms with van der Waals surface area (Å²) < 4.78 is 5.65. The van der Waals surface area contributed by atoms with Gasteiger partial charge < -0.3 is 9.84 Å². The molecule has 1 aromatic rings. The average molecular weight is 331 g/mol. The summed E-state index contributed by atoms with van der Waals surface area (Å²) >= 11 is 0. The Morgan fingerprint density at radius 3 is 2.62 bits per heavy atom. The predicted octanol–water partition coefficient (Wildman–Crippen LogP) is 3.69. The summed E-state index contributed by atoms with van der Waals surface area (Å²) in [5.74, 6) is -1.03. The lowest BCUT2D eigenvalue weighted by Gasteiger charge is -2.28. The Balaban J connectivity index is 2.19. The van der Waals surface area contributed by atoms with Crippen molar-refractivity contribution in [2.75, 3.05) is 6.61 Å². The number of ether oxygens (including phenoxy) is 1. The Morgan fingerprint density at radius 2 is 2.08 bits per heavy atom. The lowest BCUT2D eigenvalue weighted by atomic mass is 9.88. The summed E-state index contributed by atoms with van der Waals surface area (Å²) in [6.45, 7) is 4.36. The van der Waals surface area contributed by atoms with E-state index < -0.39 is 16.5 Å². The van der Waals surface area contributed by atoms with Crippen molar-refractivity contribution in [2.24, 2.45) is 5.92 Å². The zero-order chi connectivity index (χ0) is 17.7. The van der Waals surface area contributed by atoms with E-state index in [1.54, 1.807) is 24.3 Å². The third-order valence-electron chi connectivity index (χ3n) is 4.21. The van der Waals surface area contributed by atoms with Crippen molar-refractivity contribution in [1.82, 2.24) is 0 Å². The van der Waals surface area contributed by atoms with E-state index in [0.717, 1.165) is 12.0 Å². The number of aliphatic carboxylic acids is 1. The van der Waals surface area contributed by atoms with Crippen LogP contribution >= 0.6 is 0 Å². The first-order chi connectivity index (χ1) is 11.4. The van der Waals surface area contributed by atoms with E-state index >= 15 is 0 Å². The van der Waals surface area contributed by atoms with Crippen molar-refractivity contribution < 1.29 is 19.6 Å². The standard InChI is InChI=1S/C18H21NO5/c1-3-13(2)12-24-18(17(20)21)9-7-14(8-10-18)15-5-4-6-16(11-15)19(22)23/h4-11,13-14H,3,12H2,1-2H3,(H,20,21)/t13-,14?,18?/m0/s1. The summed E-state index contributed by atoms with van der Waals surface area (Å²) in [6.07, 6.45) is 7.36. The van der Waals surface area contributed by atoms with Crippen molar-refractivity contribution in [3.63, 3.8) is 0 Å². The average Bonchev–Trinajstić information content (AvgIpc) is 2.60. The van der Waals surface area contributed by atoms with Crippen LogP contribution in [-0.4, -0.2) is 28.2 Å². The maximum absolute atomic E-state index is 11.6. The number of carboxylic acid groups (broad SMARTS) is 1. The number of non-ortho nitro benzene ring substituents is 1. The molecule has 2 rings (SSSR count). The maximum atomic E-state index is 11.6. The molecule has 6 heteroatoms. The number of hydrogen-bond acceptors (Lipinski definition) is 4. The van der Waals surface area contributed by atoms with Crippen molar-refractivity contribution in [2.45, 2.75) is 31.8 Å². The zero-order valence-corrected chi connectivity index (χ0v) is 13.7. The van der Waals surface area contributed by atoms with Crippen LogP contribution in [0.1, 0.15) is 31.7 Å². The first-order valence-corrected chi connectivity index (χ1v) is 7.88. The van der Waals surface area contributed by atoms with Gasteiger partial charge in [0.15, 0.2) is 0 Å². The molecule has 0 aliphatic heterocycles. The molecule has 0 amide bonds. The lowest BCUT2D eigenvalue weighted by Crippen LogP contribution is -2.40. The van der Waals surface area contributed by atoms with Gasteiger partial charge >= 0.3 is 5.97 Å². The Labute approximate surface area is 140 Å². The number of rotatable bonds is 7. The van der Waals surface area contributed by atoms with Crippen molar-refractivity contribution in [1.29, 1.82) is 0 Å². The van der Waals surface area contributed by atoms with E-state index in [-0.39, 0.29) is 17.5 Å². The molecule has 6 nitrogen and oxygen atoms in total. The molecule has 24 heavy (non-hydrogen) atoms. The minimum absolute atomic E-state index is 0.0115. The van der Waals surface area contributed by atoms with E-state index in [0.29, 0.717) is 6.61 Å². The third kappa shape index (κ3) is 3.89. The lowest BCUT2D eigenvalue weighted by molar-refractivity contribution is -0.384. The van der Waals surface area contributed by atoms with Gasteiger partial charge in [0.2, 0.25) is 5.60 Å². The number of nitro benzene ring substituents is 1. The fourth-order valence-electron chi connectivity index (χ4n) is 2.38. The van der Waals surface area contributed by atoms with Crippen LogP contribution in [0.5, 0.6) is 0 Å². The van der Waals surface area contributed by atoms with Gasteiger partial charge in [-0.2, -0.15) is 0 Å². The molecule has 1 aromatic carbocycles. The maximum Gasteiger partial charge on any atom is 0.344 e. The van der Waals surface area contributed by atoms with Gasteiger partial charge in [-0.3, -0.25) is 10.1 Å². The highest BCUT2D eigenvalue weighted by Gasteiger charge is 2.37. The Morgan fingerprint density at radius 1 is 1.42 bits per heavy atom. The van der Waals surface area contributed by atoms with Crippen molar-refractivity contribution in [3.05, 3.63) is 64.2 Å². The molecule has 0 bridgehead atoms. The molecule has 1 aliphatic rings. The molecule has 0 radical (unpaired) electrons. The van der Waals surface area contributed by atoms with Crippen LogP contribution in [0, 0.1) is 16.0 Å². The van der Waals surface area contributed by atoms with E-state index in [1.165, 1.54) is 24.3 Å². The SMILES string of the molecule is CC[C@H](C)COC1(C(=O)O)C=CC(c2cccc([N+](=O)[O-])c2)C=C1. The molecule has 0 aromatic heterocycles. The van der Waals surface area contributed by atoms with Gasteiger partial charge in [-0.15, -0.1) is 0 Å². The van der Waals surface area contributed by atoms with Gasteiger partial charge in [0.05, 0.1) is 11.5 Å². The summed E-state index contributed by atoms with van der Waals surface area (Å²) in [5, 5.41) is 20.4. The highest BCUT2D eigenvalue weighted by molar-refractivity contribution is 5.83. The zero-order valence-electron chi connectivity index (χ0n) is 13.7. The Kier molecular flexibility index (Phi) is 5.51. The van der Waals surface area contributed by atoms with Crippen LogP contribution in [0.2, 0.25) is 0 Å². The molecular weight excluding hydrogens is 310 g/mol. The molecule has 1 aliphatic carbocycles. The number of hydrogen-bond donors (Lipinski definition) is 1. The number of benzene rings is 1. The molecule has 0 saturated carbocycles. The molecular formula is C18H21NO5. The fraction of sp³-hybridized carbons (Fsp3) is 0.389. The quantitative estimate of drug-likeness (QED) is 0.467. The molecule has 0 unspecified atom stereocenters. The van der Waals surface area contributed by atoms with E-state index in [9.17, 15) is 20.0 Å². The van der Waals surface area contributed by atoms with Crippen molar-refractivity contribution >= 4 is 11.7 Å². The number of nitro groups is 1. The molecule has 1 N–H and O–H groups in total. The van der Waals surface area contributed by atoms with Crippen LogP contribution in [0.3, 0.4) is 0 Å². The molecule has 0 spiro atoms. The van der Waals surface area contributed by atoms with Crippen LogP contribution in [-0.2, 0) is 9.53 Å². The van der Waals surface area contributed by atoms with Crippen LogP contribution < -0.4 is 0 Å². The number of carbonyl (C=O) groups is 1. The second-order valence-electron chi connectivity index (χ2n) is 6.02. The highest BCUT2D eigenvalue weighted by Crippen LogP contribution is 2.31. The minimum atomic E-state index is -1.47. The number of allylic oxidation sites excluding steroid dienone is 2. The van der Waals surface area contributed by atoms with E-state index in [2.05, 4.69) is 0 Å². The van der Waals surface area contributed by atoms with Crippen molar-refractivity contribution in [3.8, 4) is 0 Å². The minimum Gasteiger partial charge on any atom is -0.479 e. The van der Waals surface area contributed by atoms with Gasteiger partial charge in [0.1, 0.15) is 0 Å². The summed E-state index contributed by atoms with van der Waals surface area (Å²) in [5.41, 5.74) is -0.726. The number of carboxylic acids is 1. The Hall–Kier alpha value is -2.47. The van der Waals surface area contributed by atoms with Crippen LogP contribution in [0.15, 0.2) is 48.6 Å². The van der Waals surface area contributed by atoms with Gasteiger partial charge in [0.25, 0.3) is 5.69 Å². The Bertz CT molecular complexity index is 666. The molecule has 1 atom stereocenters. The second-order valence-corrected chi connectivity index (χ2v) is 6.02. The topological polar surface area (TPSA) is 89.7 Å². The molecule has 0 fully saturated rings. The van der Waals surface area contributed by atoms with Gasteiger partial charge in [-0.25, -0.2) is 4.79 Å². The van der Waals surface area contributed by atoms with Crippen LogP contribution in [0.4, 0.5) is 5.69 Å². The summed E-state index contributed by atoms with van der Waals surface area (Å²) in [4.78, 5) is 22.1. The highest BCUT2D eigenvalue weighted by atomic mass is 16.6. The third-order valence-corrected chi connectivity index (χ3v) is 4.21.